The first kappa shape index (κ1) is 25.1. The lowest BCUT2D eigenvalue weighted by Crippen LogP contribution is -2.42. The Balaban J connectivity index is 0.00000392. The van der Waals surface area contributed by atoms with Crippen LogP contribution in [0.15, 0.2) is 35.3 Å². The third-order valence-corrected chi connectivity index (χ3v) is 6.06. The Hall–Kier alpha value is -0.910. The molecule has 1 aromatic carbocycles. The first-order valence-electron chi connectivity index (χ1n) is 9.81. The summed E-state index contributed by atoms with van der Waals surface area (Å²) in [6.07, 6.45) is 2.36. The number of guanidine groups is 1. The van der Waals surface area contributed by atoms with Crippen molar-refractivity contribution in [2.24, 2.45) is 4.99 Å². The van der Waals surface area contributed by atoms with Crippen LogP contribution in [0.1, 0.15) is 32.3 Å². The summed E-state index contributed by atoms with van der Waals surface area (Å²) >= 11 is 0. The van der Waals surface area contributed by atoms with E-state index in [1.807, 2.05) is 13.0 Å². The second-order valence-electron chi connectivity index (χ2n) is 6.70. The third kappa shape index (κ3) is 9.06. The molecule has 7 nitrogen and oxygen atoms in total. The molecule has 0 aromatic heterocycles. The Morgan fingerprint density at radius 3 is 2.61 bits per heavy atom. The van der Waals surface area contributed by atoms with Crippen molar-refractivity contribution in [3.63, 3.8) is 0 Å². The van der Waals surface area contributed by atoms with Gasteiger partial charge < -0.3 is 10.6 Å². The highest BCUT2D eigenvalue weighted by atomic mass is 127. The molecule has 0 spiro atoms. The maximum Gasteiger partial charge on any atom is 0.211 e. The highest BCUT2D eigenvalue weighted by molar-refractivity contribution is 14.0. The SMILES string of the molecule is CCNC(=NCC1CCCN1Cc1ccccc1)NCCNS(=O)(=O)CC.I. The molecule has 1 atom stereocenters. The first-order valence-corrected chi connectivity index (χ1v) is 11.5. The van der Waals surface area contributed by atoms with E-state index in [4.69, 9.17) is 4.99 Å². The van der Waals surface area contributed by atoms with Gasteiger partial charge in [-0.2, -0.15) is 0 Å². The molecule has 1 unspecified atom stereocenters. The van der Waals surface area contributed by atoms with Crippen LogP contribution in [-0.2, 0) is 16.6 Å². The van der Waals surface area contributed by atoms with Crippen LogP contribution >= 0.6 is 24.0 Å². The number of halogens is 1. The molecule has 1 aliphatic rings. The van der Waals surface area contributed by atoms with Crippen molar-refractivity contribution in [2.75, 3.05) is 38.5 Å². The normalized spacial score (nSPS) is 17.9. The summed E-state index contributed by atoms with van der Waals surface area (Å²) in [4.78, 5) is 7.21. The lowest BCUT2D eigenvalue weighted by molar-refractivity contribution is 0.250. The zero-order chi connectivity index (χ0) is 19.5. The lowest BCUT2D eigenvalue weighted by Gasteiger charge is -2.23. The van der Waals surface area contributed by atoms with Gasteiger partial charge in [0.15, 0.2) is 5.96 Å². The second-order valence-corrected chi connectivity index (χ2v) is 8.79. The number of aliphatic imine (C=N–C) groups is 1. The molecule has 28 heavy (non-hydrogen) atoms. The van der Waals surface area contributed by atoms with Crippen LogP contribution < -0.4 is 15.4 Å². The monoisotopic (exact) mass is 523 g/mol. The van der Waals surface area contributed by atoms with Crippen LogP contribution in [0, 0.1) is 0 Å². The molecule has 0 amide bonds. The Morgan fingerprint density at radius 2 is 1.93 bits per heavy atom. The van der Waals surface area contributed by atoms with Crippen molar-refractivity contribution in [3.05, 3.63) is 35.9 Å². The molecule has 160 valence electrons. The van der Waals surface area contributed by atoms with Crippen LogP contribution in [0.2, 0.25) is 0 Å². The standard InChI is InChI=1S/C19H33N5O2S.HI/c1-3-20-19(21-12-13-23-27(25,26)4-2)22-15-18-11-8-14-24(18)16-17-9-6-5-7-10-17;/h5-7,9-10,18,23H,3-4,8,11-16H2,1-2H3,(H2,20,21,22);1H. The van der Waals surface area contributed by atoms with Crippen molar-refractivity contribution in [1.82, 2.24) is 20.3 Å². The Kier molecular flexibility index (Phi) is 12.0. The predicted octanol–water partition coefficient (Wildman–Crippen LogP) is 1.76. The fraction of sp³-hybridized carbons (Fsp3) is 0.632. The van der Waals surface area contributed by atoms with Crippen molar-refractivity contribution in [1.29, 1.82) is 0 Å². The van der Waals surface area contributed by atoms with Gasteiger partial charge in [-0.05, 0) is 38.8 Å². The molecule has 3 N–H and O–H groups in total. The predicted molar refractivity (Wildman–Crippen MR) is 127 cm³/mol. The maximum atomic E-state index is 11.5. The van der Waals surface area contributed by atoms with Crippen LogP contribution in [0.3, 0.4) is 0 Å². The second kappa shape index (κ2) is 13.3. The van der Waals surface area contributed by atoms with E-state index >= 15 is 0 Å². The number of nitrogens with zero attached hydrogens (tertiary/aromatic N) is 2. The van der Waals surface area contributed by atoms with Crippen LogP contribution in [-0.4, -0.2) is 63.8 Å². The molecule has 0 radical (unpaired) electrons. The average Bonchev–Trinajstić information content (AvgIpc) is 3.11. The number of benzene rings is 1. The van der Waals surface area contributed by atoms with E-state index in [1.54, 1.807) is 6.92 Å². The molecule has 0 aliphatic carbocycles. The van der Waals surface area contributed by atoms with Gasteiger partial charge in [-0.15, -0.1) is 24.0 Å². The van der Waals surface area contributed by atoms with E-state index in [0.717, 1.165) is 38.6 Å². The molecule has 1 saturated heterocycles. The summed E-state index contributed by atoms with van der Waals surface area (Å²) in [5.74, 6) is 0.833. The molecule has 2 rings (SSSR count). The topological polar surface area (TPSA) is 85.8 Å². The van der Waals surface area contributed by atoms with Gasteiger partial charge in [-0.3, -0.25) is 9.89 Å². The van der Waals surface area contributed by atoms with Crippen molar-refractivity contribution >= 4 is 40.0 Å². The highest BCUT2D eigenvalue weighted by Gasteiger charge is 2.24. The molecule has 1 aromatic rings. The van der Waals surface area contributed by atoms with Crippen molar-refractivity contribution in [2.45, 2.75) is 39.3 Å². The molecular weight excluding hydrogens is 489 g/mol. The molecule has 1 fully saturated rings. The summed E-state index contributed by atoms with van der Waals surface area (Å²) < 4.78 is 25.5. The van der Waals surface area contributed by atoms with Crippen LogP contribution in [0.25, 0.3) is 0 Å². The fourth-order valence-electron chi connectivity index (χ4n) is 3.16. The first-order chi connectivity index (χ1) is 13.0. The summed E-state index contributed by atoms with van der Waals surface area (Å²) in [6, 6.07) is 11.0. The summed E-state index contributed by atoms with van der Waals surface area (Å²) in [5, 5.41) is 6.43. The number of likely N-dealkylation sites (tertiary alicyclic amines) is 1. The molecule has 9 heteroatoms. The zero-order valence-corrected chi connectivity index (χ0v) is 20.0. The smallest absolute Gasteiger partial charge is 0.211 e. The Bertz CT molecular complexity index is 685. The van der Waals surface area contributed by atoms with Gasteiger partial charge >= 0.3 is 0 Å². The van der Waals surface area contributed by atoms with Gasteiger partial charge in [0.2, 0.25) is 10.0 Å². The van der Waals surface area contributed by atoms with Crippen molar-refractivity contribution < 1.29 is 8.42 Å². The third-order valence-electron chi connectivity index (χ3n) is 4.65. The van der Waals surface area contributed by atoms with Gasteiger partial charge in [-0.1, -0.05) is 30.3 Å². The summed E-state index contributed by atoms with van der Waals surface area (Å²) in [6.45, 7) is 8.08. The summed E-state index contributed by atoms with van der Waals surface area (Å²) in [7, 11) is -3.15. The molecule has 1 heterocycles. The highest BCUT2D eigenvalue weighted by Crippen LogP contribution is 2.20. The number of hydrogen-bond acceptors (Lipinski definition) is 4. The number of sulfonamides is 1. The van der Waals surface area contributed by atoms with E-state index in [0.29, 0.717) is 19.1 Å². The maximum absolute atomic E-state index is 11.5. The zero-order valence-electron chi connectivity index (χ0n) is 16.9. The Morgan fingerprint density at radius 1 is 1.18 bits per heavy atom. The summed E-state index contributed by atoms with van der Waals surface area (Å²) in [5.41, 5.74) is 1.33. The largest absolute Gasteiger partial charge is 0.357 e. The molecule has 0 saturated carbocycles. The number of rotatable bonds is 10. The van der Waals surface area contributed by atoms with Crippen LogP contribution in [0.4, 0.5) is 0 Å². The van der Waals surface area contributed by atoms with Crippen LogP contribution in [0.5, 0.6) is 0 Å². The molecule has 0 bridgehead atoms. The van der Waals surface area contributed by atoms with Gasteiger partial charge in [0.05, 0.1) is 12.3 Å². The minimum atomic E-state index is -3.15. The van der Waals surface area contributed by atoms with E-state index in [2.05, 4.69) is 44.5 Å². The van der Waals surface area contributed by atoms with E-state index < -0.39 is 10.0 Å². The van der Waals surface area contributed by atoms with Crippen molar-refractivity contribution in [3.8, 4) is 0 Å². The number of nitrogens with one attached hydrogen (secondary N) is 3. The lowest BCUT2D eigenvalue weighted by atomic mass is 10.2. The van der Waals surface area contributed by atoms with E-state index in [1.165, 1.54) is 12.0 Å². The minimum Gasteiger partial charge on any atom is -0.357 e. The molecule has 1 aliphatic heterocycles. The van der Waals surface area contributed by atoms with Gasteiger partial charge in [0, 0.05) is 32.2 Å². The minimum absolute atomic E-state index is 0. The van der Waals surface area contributed by atoms with Gasteiger partial charge in [0.1, 0.15) is 0 Å². The number of hydrogen-bond donors (Lipinski definition) is 3. The van der Waals surface area contributed by atoms with E-state index in [-0.39, 0.29) is 29.7 Å². The van der Waals surface area contributed by atoms with Gasteiger partial charge in [0.25, 0.3) is 0 Å². The van der Waals surface area contributed by atoms with E-state index in [9.17, 15) is 8.42 Å². The Labute approximate surface area is 186 Å². The molecular formula is C19H34IN5O2S. The van der Waals surface area contributed by atoms with Gasteiger partial charge in [-0.25, -0.2) is 13.1 Å². The average molecular weight is 523 g/mol. The quantitative estimate of drug-likeness (QED) is 0.188. The fourth-order valence-corrected chi connectivity index (χ4v) is 3.77.